The van der Waals surface area contributed by atoms with Crippen molar-refractivity contribution < 1.29 is 0 Å². The SMILES string of the molecule is CSc1nc(Cl)c2c(C#N)cn(C)c2n1. The standard InChI is InChI=1S/C9H7ClN4S/c1-14-4-5(3-11)6-7(10)12-9(15-2)13-8(6)14/h4H,1-2H3. The Labute approximate surface area is 95.9 Å². The molecule has 0 fully saturated rings. The van der Waals surface area contributed by atoms with E-state index in [4.69, 9.17) is 16.9 Å². The zero-order valence-corrected chi connectivity index (χ0v) is 9.72. The van der Waals surface area contributed by atoms with Crippen molar-refractivity contribution in [1.29, 1.82) is 5.26 Å². The van der Waals surface area contributed by atoms with Gasteiger partial charge in [-0.15, -0.1) is 0 Å². The number of fused-ring (bicyclic) bond motifs is 1. The molecule has 6 heteroatoms. The van der Waals surface area contributed by atoms with Crippen LogP contribution in [0.15, 0.2) is 11.4 Å². The number of rotatable bonds is 1. The van der Waals surface area contributed by atoms with Gasteiger partial charge in [-0.2, -0.15) is 5.26 Å². The first-order chi connectivity index (χ1) is 7.17. The van der Waals surface area contributed by atoms with Crippen molar-refractivity contribution in [3.05, 3.63) is 16.9 Å². The molecule has 0 atom stereocenters. The first kappa shape index (κ1) is 10.3. The molecule has 0 saturated carbocycles. The molecule has 0 spiro atoms. The normalized spacial score (nSPS) is 10.5. The van der Waals surface area contributed by atoms with Crippen molar-refractivity contribution >= 4 is 34.4 Å². The molecule has 0 N–H and O–H groups in total. The van der Waals surface area contributed by atoms with Gasteiger partial charge in [0.25, 0.3) is 0 Å². The van der Waals surface area contributed by atoms with Crippen molar-refractivity contribution in [2.45, 2.75) is 5.16 Å². The number of thioether (sulfide) groups is 1. The van der Waals surface area contributed by atoms with Gasteiger partial charge in [-0.3, -0.25) is 0 Å². The zero-order chi connectivity index (χ0) is 11.0. The second kappa shape index (κ2) is 3.72. The number of aryl methyl sites for hydroxylation is 1. The van der Waals surface area contributed by atoms with Gasteiger partial charge in [-0.05, 0) is 6.26 Å². The molecule has 76 valence electrons. The summed E-state index contributed by atoms with van der Waals surface area (Å²) in [5.74, 6) is 0. The second-order valence-corrected chi connectivity index (χ2v) is 4.10. The quantitative estimate of drug-likeness (QED) is 0.434. The van der Waals surface area contributed by atoms with E-state index in [0.717, 1.165) is 0 Å². The van der Waals surface area contributed by atoms with Crippen molar-refractivity contribution in [3.63, 3.8) is 0 Å². The van der Waals surface area contributed by atoms with Gasteiger partial charge in [0.05, 0.1) is 10.9 Å². The van der Waals surface area contributed by atoms with Gasteiger partial charge in [0, 0.05) is 13.2 Å². The molecule has 0 aliphatic carbocycles. The summed E-state index contributed by atoms with van der Waals surface area (Å²) in [6, 6.07) is 2.08. The third-order valence-electron chi connectivity index (χ3n) is 2.05. The number of hydrogen-bond acceptors (Lipinski definition) is 4. The molecular formula is C9H7ClN4S. The lowest BCUT2D eigenvalue weighted by Crippen LogP contribution is -1.92. The Hall–Kier alpha value is -1.25. The van der Waals surface area contributed by atoms with Crippen LogP contribution in [0.3, 0.4) is 0 Å². The van der Waals surface area contributed by atoms with Crippen LogP contribution in [0, 0.1) is 11.3 Å². The molecule has 0 unspecified atom stereocenters. The third kappa shape index (κ3) is 1.56. The highest BCUT2D eigenvalue weighted by Crippen LogP contribution is 2.27. The number of hydrogen-bond donors (Lipinski definition) is 0. The maximum Gasteiger partial charge on any atom is 0.190 e. The average Bonchev–Trinajstić information content (AvgIpc) is 2.56. The molecule has 0 saturated heterocycles. The largest absolute Gasteiger partial charge is 0.334 e. The Kier molecular flexibility index (Phi) is 2.55. The molecule has 2 aromatic heterocycles. The molecule has 2 aromatic rings. The van der Waals surface area contributed by atoms with Gasteiger partial charge >= 0.3 is 0 Å². The van der Waals surface area contributed by atoms with E-state index < -0.39 is 0 Å². The van der Waals surface area contributed by atoms with Crippen molar-refractivity contribution in [2.24, 2.45) is 7.05 Å². The van der Waals surface area contributed by atoms with Crippen LogP contribution >= 0.6 is 23.4 Å². The summed E-state index contributed by atoms with van der Waals surface area (Å²) < 4.78 is 1.78. The topological polar surface area (TPSA) is 54.5 Å². The van der Waals surface area contributed by atoms with E-state index >= 15 is 0 Å². The third-order valence-corrected chi connectivity index (χ3v) is 2.88. The summed E-state index contributed by atoms with van der Waals surface area (Å²) in [7, 11) is 1.83. The highest BCUT2D eigenvalue weighted by Gasteiger charge is 2.13. The minimum atomic E-state index is 0.335. The molecule has 0 amide bonds. The van der Waals surface area contributed by atoms with Gasteiger partial charge in [-0.1, -0.05) is 23.4 Å². The molecule has 0 aliphatic heterocycles. The van der Waals surface area contributed by atoms with Crippen LogP contribution in [0.4, 0.5) is 0 Å². The van der Waals surface area contributed by atoms with Crippen LogP contribution in [0.1, 0.15) is 5.56 Å². The Morgan fingerprint density at radius 2 is 2.27 bits per heavy atom. The molecule has 2 rings (SSSR count). The first-order valence-corrected chi connectivity index (χ1v) is 5.74. The van der Waals surface area contributed by atoms with Crippen LogP contribution in [-0.2, 0) is 7.05 Å². The van der Waals surface area contributed by atoms with E-state index in [1.54, 1.807) is 10.8 Å². The highest BCUT2D eigenvalue weighted by atomic mass is 35.5. The molecule has 0 aromatic carbocycles. The van der Waals surface area contributed by atoms with Gasteiger partial charge in [-0.25, -0.2) is 9.97 Å². The zero-order valence-electron chi connectivity index (χ0n) is 8.15. The summed E-state index contributed by atoms with van der Waals surface area (Å²) >= 11 is 7.43. The van der Waals surface area contributed by atoms with Crippen molar-refractivity contribution in [1.82, 2.24) is 14.5 Å². The van der Waals surface area contributed by atoms with E-state index in [1.807, 2.05) is 13.3 Å². The first-order valence-electron chi connectivity index (χ1n) is 4.14. The molecular weight excluding hydrogens is 232 g/mol. The fraction of sp³-hybridized carbons (Fsp3) is 0.222. The Bertz CT molecular complexity index is 569. The van der Waals surface area contributed by atoms with Gasteiger partial charge < -0.3 is 4.57 Å². The fourth-order valence-electron chi connectivity index (χ4n) is 1.39. The fourth-order valence-corrected chi connectivity index (χ4v) is 2.06. The molecule has 15 heavy (non-hydrogen) atoms. The lowest BCUT2D eigenvalue weighted by Gasteiger charge is -1.99. The maximum absolute atomic E-state index is 8.92. The number of nitrogens with zero attached hydrogens (tertiary/aromatic N) is 4. The Morgan fingerprint density at radius 3 is 2.87 bits per heavy atom. The molecule has 2 heterocycles. The van der Waals surface area contributed by atoms with E-state index in [0.29, 0.717) is 26.9 Å². The van der Waals surface area contributed by atoms with Gasteiger partial charge in [0.15, 0.2) is 5.16 Å². The van der Waals surface area contributed by atoms with Crippen molar-refractivity contribution in [2.75, 3.05) is 6.26 Å². The second-order valence-electron chi connectivity index (χ2n) is 2.97. The average molecular weight is 239 g/mol. The maximum atomic E-state index is 8.92. The minimum Gasteiger partial charge on any atom is -0.334 e. The molecule has 0 aliphatic rings. The summed E-state index contributed by atoms with van der Waals surface area (Å²) in [6.07, 6.45) is 3.58. The summed E-state index contributed by atoms with van der Waals surface area (Å²) in [4.78, 5) is 8.40. The van der Waals surface area contributed by atoms with Crippen LogP contribution < -0.4 is 0 Å². The van der Waals surface area contributed by atoms with E-state index in [-0.39, 0.29) is 0 Å². The smallest absolute Gasteiger partial charge is 0.190 e. The number of aromatic nitrogens is 3. The summed E-state index contributed by atoms with van der Waals surface area (Å²) in [5, 5.41) is 10.5. The van der Waals surface area contributed by atoms with Gasteiger partial charge in [0.1, 0.15) is 16.9 Å². The van der Waals surface area contributed by atoms with E-state index in [9.17, 15) is 0 Å². The van der Waals surface area contributed by atoms with E-state index in [2.05, 4.69) is 16.0 Å². The van der Waals surface area contributed by atoms with E-state index in [1.165, 1.54) is 11.8 Å². The predicted molar refractivity (Wildman–Crippen MR) is 60.0 cm³/mol. The lowest BCUT2D eigenvalue weighted by atomic mass is 10.3. The van der Waals surface area contributed by atoms with Crippen molar-refractivity contribution in [3.8, 4) is 6.07 Å². The lowest BCUT2D eigenvalue weighted by molar-refractivity contribution is 0.908. The van der Waals surface area contributed by atoms with Gasteiger partial charge in [0.2, 0.25) is 0 Å². The Balaban J connectivity index is 2.88. The minimum absolute atomic E-state index is 0.335. The molecule has 4 nitrogen and oxygen atoms in total. The van der Waals surface area contributed by atoms with Crippen LogP contribution in [0.5, 0.6) is 0 Å². The highest BCUT2D eigenvalue weighted by molar-refractivity contribution is 7.98. The number of halogens is 1. The van der Waals surface area contributed by atoms with Crippen LogP contribution in [0.25, 0.3) is 11.0 Å². The van der Waals surface area contributed by atoms with Crippen LogP contribution in [0.2, 0.25) is 5.15 Å². The predicted octanol–water partition coefficient (Wildman–Crippen LogP) is 2.22. The summed E-state index contributed by atoms with van der Waals surface area (Å²) in [5.41, 5.74) is 1.20. The monoisotopic (exact) mass is 238 g/mol. The van der Waals surface area contributed by atoms with Crippen LogP contribution in [-0.4, -0.2) is 20.8 Å². The summed E-state index contributed by atoms with van der Waals surface area (Å²) in [6.45, 7) is 0. The number of nitriles is 1. The molecule has 0 radical (unpaired) electrons. The molecule has 0 bridgehead atoms. The Morgan fingerprint density at radius 1 is 1.53 bits per heavy atom.